The molecule has 3 aromatic rings. The highest BCUT2D eigenvalue weighted by atomic mass is 16.5. The third-order valence-corrected chi connectivity index (χ3v) is 5.60. The number of nitrogens with one attached hydrogen (secondary N) is 2. The highest BCUT2D eigenvalue weighted by Crippen LogP contribution is 2.21. The molecule has 4 rings (SSSR count). The van der Waals surface area contributed by atoms with Gasteiger partial charge in [-0.1, -0.05) is 61.5 Å². The summed E-state index contributed by atoms with van der Waals surface area (Å²) in [7, 11) is 0. The highest BCUT2D eigenvalue weighted by Gasteiger charge is 2.26. The van der Waals surface area contributed by atoms with E-state index < -0.39 is 12.0 Å². The zero-order valence-electron chi connectivity index (χ0n) is 18.1. The summed E-state index contributed by atoms with van der Waals surface area (Å²) in [5, 5.41) is 3.95. The summed E-state index contributed by atoms with van der Waals surface area (Å²) in [6.07, 6.45) is 7.43. The molecule has 164 valence electrons. The number of para-hydroxylation sites is 1. The van der Waals surface area contributed by atoms with Crippen molar-refractivity contribution < 1.29 is 14.3 Å². The molecule has 1 aromatic heterocycles. The molecule has 6 heteroatoms. The predicted octanol–water partition coefficient (Wildman–Crippen LogP) is 4.32. The highest BCUT2D eigenvalue weighted by molar-refractivity contribution is 5.88. The second kappa shape index (κ2) is 10.1. The van der Waals surface area contributed by atoms with Crippen LogP contribution < -0.4 is 5.32 Å². The van der Waals surface area contributed by atoms with Crippen LogP contribution in [-0.4, -0.2) is 29.1 Å². The third kappa shape index (κ3) is 5.32. The Hall–Kier alpha value is -3.67. The van der Waals surface area contributed by atoms with Crippen LogP contribution in [0, 0.1) is 5.92 Å². The Bertz CT molecular complexity index is 1150. The summed E-state index contributed by atoms with van der Waals surface area (Å²) in [5.41, 5.74) is 3.76. The van der Waals surface area contributed by atoms with Gasteiger partial charge >= 0.3 is 5.97 Å². The van der Waals surface area contributed by atoms with Gasteiger partial charge < -0.3 is 15.0 Å². The smallest absolute Gasteiger partial charge is 0.329 e. The first-order chi connectivity index (χ1) is 15.6. The molecule has 1 unspecified atom stereocenters. The van der Waals surface area contributed by atoms with Crippen LogP contribution in [0.2, 0.25) is 0 Å². The van der Waals surface area contributed by atoms with E-state index in [0.717, 1.165) is 34.1 Å². The minimum Gasteiger partial charge on any atom is -0.459 e. The number of nitrogens with zero attached hydrogens (tertiary/aromatic N) is 1. The molecule has 0 radical (unpaired) electrons. The Morgan fingerprint density at radius 2 is 1.88 bits per heavy atom. The van der Waals surface area contributed by atoms with E-state index in [2.05, 4.69) is 15.3 Å². The molecule has 1 aliphatic heterocycles. The van der Waals surface area contributed by atoms with Crippen molar-refractivity contribution in [3.8, 4) is 0 Å². The molecule has 0 spiro atoms. The summed E-state index contributed by atoms with van der Waals surface area (Å²) in [4.78, 5) is 33.4. The number of aromatic nitrogens is 1. The second-order valence-electron chi connectivity index (χ2n) is 8.07. The molecule has 0 bridgehead atoms. The van der Waals surface area contributed by atoms with Gasteiger partial charge in [-0.2, -0.15) is 0 Å². The molecular weight excluding hydrogens is 402 g/mol. The number of allylic oxidation sites excluding steroid dienone is 2. The molecule has 2 atom stereocenters. The summed E-state index contributed by atoms with van der Waals surface area (Å²) in [6.45, 7) is 2.01. The van der Waals surface area contributed by atoms with E-state index in [-0.39, 0.29) is 18.4 Å². The molecule has 2 N–H and O–H groups in total. The summed E-state index contributed by atoms with van der Waals surface area (Å²) in [6, 6.07) is 16.6. The first-order valence-corrected chi connectivity index (χ1v) is 10.9. The lowest BCUT2D eigenvalue weighted by atomic mass is 10.0. The Kier molecular flexibility index (Phi) is 6.80. The summed E-state index contributed by atoms with van der Waals surface area (Å²) < 4.78 is 5.57. The number of aliphatic imine (C=N–C) groups is 1. The number of aromatic amines is 1. The van der Waals surface area contributed by atoms with Gasteiger partial charge in [-0.25, -0.2) is 4.79 Å². The fourth-order valence-electron chi connectivity index (χ4n) is 3.81. The number of esters is 1. The van der Waals surface area contributed by atoms with E-state index in [1.165, 1.54) is 0 Å². The minimum absolute atomic E-state index is 0.164. The quantitative estimate of drug-likeness (QED) is 0.497. The molecule has 1 amide bonds. The maximum Gasteiger partial charge on any atom is 0.329 e. The van der Waals surface area contributed by atoms with Crippen molar-refractivity contribution in [1.82, 2.24) is 10.3 Å². The van der Waals surface area contributed by atoms with Crippen molar-refractivity contribution >= 4 is 29.0 Å². The topological polar surface area (TPSA) is 83.5 Å². The molecule has 0 saturated heterocycles. The van der Waals surface area contributed by atoms with E-state index in [0.29, 0.717) is 12.8 Å². The van der Waals surface area contributed by atoms with Crippen molar-refractivity contribution in [2.45, 2.75) is 38.8 Å². The zero-order chi connectivity index (χ0) is 22.3. The average molecular weight is 430 g/mol. The number of rotatable bonds is 9. The first kappa shape index (κ1) is 21.6. The second-order valence-corrected chi connectivity index (χ2v) is 8.07. The van der Waals surface area contributed by atoms with Gasteiger partial charge in [0, 0.05) is 54.2 Å². The van der Waals surface area contributed by atoms with Crippen molar-refractivity contribution in [3.05, 3.63) is 83.7 Å². The summed E-state index contributed by atoms with van der Waals surface area (Å²) in [5.74, 6) is -0.934. The normalized spacial score (nSPS) is 14.7. The van der Waals surface area contributed by atoms with E-state index in [1.807, 2.05) is 80.0 Å². The van der Waals surface area contributed by atoms with Crippen LogP contribution in [-0.2, 0) is 27.4 Å². The van der Waals surface area contributed by atoms with Crippen LogP contribution in [0.5, 0.6) is 0 Å². The largest absolute Gasteiger partial charge is 0.459 e. The van der Waals surface area contributed by atoms with E-state index in [9.17, 15) is 9.59 Å². The van der Waals surface area contributed by atoms with Gasteiger partial charge in [-0.05, 0) is 17.2 Å². The van der Waals surface area contributed by atoms with Crippen LogP contribution in [0.4, 0.5) is 0 Å². The van der Waals surface area contributed by atoms with Gasteiger partial charge in [0.1, 0.15) is 12.6 Å². The molecule has 2 aromatic carbocycles. The molecule has 32 heavy (non-hydrogen) atoms. The Morgan fingerprint density at radius 1 is 1.09 bits per heavy atom. The van der Waals surface area contributed by atoms with Gasteiger partial charge in [0.15, 0.2) is 0 Å². The van der Waals surface area contributed by atoms with Crippen LogP contribution in [0.15, 0.2) is 77.6 Å². The molecule has 0 fully saturated rings. The maximum atomic E-state index is 13.0. The van der Waals surface area contributed by atoms with E-state index in [4.69, 9.17) is 4.74 Å². The first-order valence-electron chi connectivity index (χ1n) is 10.9. The molecule has 2 heterocycles. The molecule has 0 saturated carbocycles. The molecule has 0 aliphatic carbocycles. The zero-order valence-corrected chi connectivity index (χ0v) is 18.1. The fourth-order valence-corrected chi connectivity index (χ4v) is 3.81. The van der Waals surface area contributed by atoms with Gasteiger partial charge in [-0.3, -0.25) is 9.79 Å². The lowest BCUT2D eigenvalue weighted by Gasteiger charge is -2.20. The van der Waals surface area contributed by atoms with Crippen molar-refractivity contribution in [2.24, 2.45) is 10.9 Å². The number of carbonyl (C=O) groups excluding carboxylic acids is 2. The van der Waals surface area contributed by atoms with E-state index >= 15 is 0 Å². The SMILES string of the molecule is CC(CC1=CCC=N1)C(=O)N[C@@H](Cc1c[nH]c2ccccc12)C(=O)OCc1ccccc1. The standard InChI is InChI=1S/C26H27N3O3/c1-18(14-21-10-7-13-27-21)25(30)29-24(26(31)32-17-19-8-3-2-4-9-19)15-20-16-28-23-12-6-5-11-22(20)23/h2-6,8-13,16,18,24,28H,7,14-15,17H2,1H3,(H,29,30)/t18?,24-/m0/s1. The number of H-pyrrole nitrogens is 1. The Labute approximate surface area is 187 Å². The maximum absolute atomic E-state index is 13.0. The Morgan fingerprint density at radius 3 is 2.66 bits per heavy atom. The number of ether oxygens (including phenoxy) is 1. The number of amides is 1. The van der Waals surface area contributed by atoms with Crippen LogP contribution >= 0.6 is 0 Å². The molecule has 1 aliphatic rings. The van der Waals surface area contributed by atoms with Crippen molar-refractivity contribution in [3.63, 3.8) is 0 Å². The number of hydrogen-bond acceptors (Lipinski definition) is 4. The predicted molar refractivity (Wildman–Crippen MR) is 125 cm³/mol. The van der Waals surface area contributed by atoms with Crippen LogP contribution in [0.3, 0.4) is 0 Å². The van der Waals surface area contributed by atoms with E-state index in [1.54, 1.807) is 0 Å². The van der Waals surface area contributed by atoms with Gasteiger partial charge in [0.25, 0.3) is 0 Å². The average Bonchev–Trinajstić information content (AvgIpc) is 3.48. The number of hydrogen-bond donors (Lipinski definition) is 2. The molecule has 6 nitrogen and oxygen atoms in total. The minimum atomic E-state index is -0.783. The van der Waals surface area contributed by atoms with Crippen molar-refractivity contribution in [2.75, 3.05) is 0 Å². The Balaban J connectivity index is 1.47. The van der Waals surface area contributed by atoms with Crippen molar-refractivity contribution in [1.29, 1.82) is 0 Å². The van der Waals surface area contributed by atoms with Crippen LogP contribution in [0.1, 0.15) is 30.9 Å². The summed E-state index contributed by atoms with van der Waals surface area (Å²) >= 11 is 0. The van der Waals surface area contributed by atoms with Gasteiger partial charge in [-0.15, -0.1) is 0 Å². The lowest BCUT2D eigenvalue weighted by molar-refractivity contribution is -0.149. The number of carbonyl (C=O) groups is 2. The van der Waals surface area contributed by atoms with Crippen LogP contribution in [0.25, 0.3) is 10.9 Å². The lowest BCUT2D eigenvalue weighted by Crippen LogP contribution is -2.45. The number of fused-ring (bicyclic) bond motifs is 1. The fraction of sp³-hybridized carbons (Fsp3) is 0.269. The van der Waals surface area contributed by atoms with Gasteiger partial charge in [0.05, 0.1) is 0 Å². The number of benzene rings is 2. The third-order valence-electron chi connectivity index (χ3n) is 5.60. The molecular formula is C26H27N3O3. The monoisotopic (exact) mass is 429 g/mol. The van der Waals surface area contributed by atoms with Gasteiger partial charge in [0.2, 0.25) is 5.91 Å².